The summed E-state index contributed by atoms with van der Waals surface area (Å²) in [5.74, 6) is -1.49. The van der Waals surface area contributed by atoms with E-state index >= 15 is 0 Å². The molecule has 1 aliphatic rings. The summed E-state index contributed by atoms with van der Waals surface area (Å²) in [6.45, 7) is 5.02. The maximum Gasteiger partial charge on any atom is 0.351 e. The summed E-state index contributed by atoms with van der Waals surface area (Å²) in [5.41, 5.74) is -0.519. The van der Waals surface area contributed by atoms with Gasteiger partial charge in [0.05, 0.1) is 0 Å². The minimum Gasteiger partial charge on any atom is -0.460 e. The molecule has 10 heteroatoms. The van der Waals surface area contributed by atoms with Gasteiger partial charge < -0.3 is 14.2 Å². The molecule has 0 aliphatic carbocycles. The number of aromatic nitrogens is 5. The molecule has 1 saturated heterocycles. The Hall–Kier alpha value is -2.85. The van der Waals surface area contributed by atoms with Gasteiger partial charge in [0.15, 0.2) is 5.82 Å². The highest BCUT2D eigenvalue weighted by molar-refractivity contribution is 5.65. The zero-order valence-corrected chi connectivity index (χ0v) is 14.4. The van der Waals surface area contributed by atoms with Gasteiger partial charge in [-0.15, -0.1) is 6.58 Å². The molecule has 1 aliphatic heterocycles. The third kappa shape index (κ3) is 3.41. The van der Waals surface area contributed by atoms with E-state index in [1.54, 1.807) is 18.3 Å². The average molecular weight is 361 g/mol. The summed E-state index contributed by atoms with van der Waals surface area (Å²) < 4.78 is 19.2. The number of esters is 1. The zero-order chi connectivity index (χ0) is 18.7. The highest BCUT2D eigenvalue weighted by Crippen LogP contribution is 2.42. The van der Waals surface area contributed by atoms with E-state index in [2.05, 4.69) is 21.6 Å². The molecule has 0 N–H and O–H groups in total. The number of hydrogen-bond acceptors (Lipinski definition) is 8. The Balaban J connectivity index is 1.89. The fourth-order valence-electron chi connectivity index (χ4n) is 2.82. The molecule has 0 spiro atoms. The van der Waals surface area contributed by atoms with Crippen molar-refractivity contribution in [1.29, 1.82) is 0 Å². The van der Waals surface area contributed by atoms with Crippen LogP contribution in [0.2, 0.25) is 0 Å². The lowest BCUT2D eigenvalue weighted by Gasteiger charge is -2.27. The van der Waals surface area contributed by atoms with Gasteiger partial charge in [-0.1, -0.05) is 6.08 Å². The van der Waals surface area contributed by atoms with Gasteiger partial charge in [0.2, 0.25) is 5.79 Å². The minimum atomic E-state index is -1.15. The Labute approximate surface area is 149 Å². The van der Waals surface area contributed by atoms with E-state index in [-0.39, 0.29) is 12.5 Å². The summed E-state index contributed by atoms with van der Waals surface area (Å²) in [6.07, 6.45) is 5.72. The Morgan fingerprint density at radius 3 is 2.96 bits per heavy atom. The Morgan fingerprint density at radius 1 is 1.58 bits per heavy atom. The van der Waals surface area contributed by atoms with Crippen LogP contribution >= 0.6 is 0 Å². The lowest BCUT2D eigenvalue weighted by molar-refractivity contribution is -0.247. The van der Waals surface area contributed by atoms with Crippen LogP contribution in [0.4, 0.5) is 0 Å². The van der Waals surface area contributed by atoms with Crippen LogP contribution in [-0.4, -0.2) is 49.8 Å². The molecule has 0 aromatic carbocycles. The van der Waals surface area contributed by atoms with Crippen molar-refractivity contribution in [3.8, 4) is 5.82 Å². The normalized spacial score (nSPS) is 25.2. The van der Waals surface area contributed by atoms with Crippen molar-refractivity contribution in [3.63, 3.8) is 0 Å². The van der Waals surface area contributed by atoms with Crippen LogP contribution in [0.5, 0.6) is 0 Å². The topological polar surface area (TPSA) is 110 Å². The van der Waals surface area contributed by atoms with Crippen molar-refractivity contribution in [2.45, 2.75) is 25.4 Å². The molecule has 3 unspecified atom stereocenters. The fourth-order valence-corrected chi connectivity index (χ4v) is 2.82. The van der Waals surface area contributed by atoms with Crippen molar-refractivity contribution in [1.82, 2.24) is 24.3 Å². The van der Waals surface area contributed by atoms with E-state index in [1.807, 2.05) is 0 Å². The van der Waals surface area contributed by atoms with Gasteiger partial charge >= 0.3 is 11.7 Å². The number of methoxy groups -OCH3 is 1. The van der Waals surface area contributed by atoms with Crippen LogP contribution in [0.15, 0.2) is 42.4 Å². The van der Waals surface area contributed by atoms with Gasteiger partial charge in [-0.2, -0.15) is 10.1 Å². The summed E-state index contributed by atoms with van der Waals surface area (Å²) in [7, 11) is 1.46. The Kier molecular flexibility index (Phi) is 4.96. The van der Waals surface area contributed by atoms with E-state index in [4.69, 9.17) is 14.2 Å². The number of rotatable bonds is 6. The Morgan fingerprint density at radius 2 is 2.38 bits per heavy atom. The predicted octanol–water partition coefficient (Wildman–Crippen LogP) is 0.451. The summed E-state index contributed by atoms with van der Waals surface area (Å²) >= 11 is 0. The summed E-state index contributed by atoms with van der Waals surface area (Å²) in [5, 5.41) is 3.94. The van der Waals surface area contributed by atoms with Gasteiger partial charge in [0, 0.05) is 32.6 Å². The van der Waals surface area contributed by atoms with Crippen molar-refractivity contribution >= 4 is 5.97 Å². The fraction of sp³-hybridized carbons (Fsp3) is 0.438. The summed E-state index contributed by atoms with van der Waals surface area (Å²) in [4.78, 5) is 31.5. The second-order valence-electron chi connectivity index (χ2n) is 5.82. The molecule has 3 heterocycles. The van der Waals surface area contributed by atoms with Gasteiger partial charge in [0.25, 0.3) is 0 Å². The predicted molar refractivity (Wildman–Crippen MR) is 88.2 cm³/mol. The van der Waals surface area contributed by atoms with E-state index in [9.17, 15) is 9.59 Å². The molecule has 26 heavy (non-hydrogen) atoms. The number of ether oxygens (including phenoxy) is 3. The molecule has 138 valence electrons. The zero-order valence-electron chi connectivity index (χ0n) is 14.4. The lowest BCUT2D eigenvalue weighted by Crippen LogP contribution is -2.38. The quantitative estimate of drug-likeness (QED) is 0.539. The third-order valence-electron chi connectivity index (χ3n) is 4.16. The summed E-state index contributed by atoms with van der Waals surface area (Å²) in [6, 6.07) is 1.62. The van der Waals surface area contributed by atoms with Crippen molar-refractivity contribution in [2.75, 3.05) is 13.7 Å². The van der Waals surface area contributed by atoms with E-state index in [1.165, 1.54) is 35.9 Å². The maximum atomic E-state index is 12.5. The monoisotopic (exact) mass is 361 g/mol. The van der Waals surface area contributed by atoms with Gasteiger partial charge in [-0.3, -0.25) is 9.36 Å². The van der Waals surface area contributed by atoms with Crippen LogP contribution in [0.1, 0.15) is 19.6 Å². The molecule has 0 bridgehead atoms. The number of carbonyl (C=O) groups excluding carboxylic acids is 1. The second kappa shape index (κ2) is 7.18. The first-order valence-electron chi connectivity index (χ1n) is 7.91. The van der Waals surface area contributed by atoms with Crippen molar-refractivity contribution < 1.29 is 19.0 Å². The average Bonchev–Trinajstić information content (AvgIpc) is 3.28. The first-order valence-corrected chi connectivity index (χ1v) is 7.91. The number of hydrogen-bond donors (Lipinski definition) is 0. The van der Waals surface area contributed by atoms with Crippen molar-refractivity contribution in [3.05, 3.63) is 48.1 Å². The van der Waals surface area contributed by atoms with Crippen LogP contribution in [0.25, 0.3) is 5.82 Å². The van der Waals surface area contributed by atoms with E-state index in [0.29, 0.717) is 12.2 Å². The minimum absolute atomic E-state index is 0.0844. The maximum absolute atomic E-state index is 12.5. The van der Waals surface area contributed by atoms with Gasteiger partial charge in [-0.25, -0.2) is 14.5 Å². The molecule has 0 saturated carbocycles. The van der Waals surface area contributed by atoms with Crippen LogP contribution in [0, 0.1) is 5.92 Å². The van der Waals surface area contributed by atoms with Crippen LogP contribution < -0.4 is 5.69 Å². The number of carbonyl (C=O) groups is 1. The molecule has 0 radical (unpaired) electrons. The van der Waals surface area contributed by atoms with E-state index < -0.39 is 23.7 Å². The lowest BCUT2D eigenvalue weighted by atomic mass is 10.0. The SMILES string of the molecule is C=CC1CC(COC(C)=O)(OC)OC1n1ccc(-n2cncn2)nc1=O. The molecular weight excluding hydrogens is 342 g/mol. The van der Waals surface area contributed by atoms with Gasteiger partial charge in [0.1, 0.15) is 25.5 Å². The highest BCUT2D eigenvalue weighted by atomic mass is 16.7. The highest BCUT2D eigenvalue weighted by Gasteiger charge is 2.48. The van der Waals surface area contributed by atoms with E-state index in [0.717, 1.165) is 0 Å². The standard InChI is InChI=1S/C16H19N5O5/c1-4-12-7-16(24-3,8-25-11(2)22)26-14(12)20-6-5-13(19-15(20)23)21-10-17-9-18-21/h4-6,9-10,12,14H,1,7-8H2,2-3H3. The molecule has 0 amide bonds. The smallest absolute Gasteiger partial charge is 0.351 e. The Bertz CT molecular complexity index is 849. The number of nitrogens with zero attached hydrogens (tertiary/aromatic N) is 5. The molecule has 3 atom stereocenters. The molecule has 3 rings (SSSR count). The molecule has 1 fully saturated rings. The van der Waals surface area contributed by atoms with Gasteiger partial charge in [-0.05, 0) is 6.07 Å². The van der Waals surface area contributed by atoms with Crippen LogP contribution in [0.3, 0.4) is 0 Å². The second-order valence-corrected chi connectivity index (χ2v) is 5.82. The molecule has 2 aromatic heterocycles. The first-order chi connectivity index (χ1) is 12.5. The van der Waals surface area contributed by atoms with Crippen molar-refractivity contribution in [2.24, 2.45) is 5.92 Å². The molecular formula is C16H19N5O5. The third-order valence-corrected chi connectivity index (χ3v) is 4.16. The van der Waals surface area contributed by atoms with Crippen LogP contribution in [-0.2, 0) is 19.0 Å². The largest absolute Gasteiger partial charge is 0.460 e. The first kappa shape index (κ1) is 18.0. The molecule has 10 nitrogen and oxygen atoms in total. The molecule has 2 aromatic rings.